The number of aliphatic carboxylic acids is 1. The molecule has 2 nitrogen and oxygen atoms in total. The third-order valence-electron chi connectivity index (χ3n) is 5.20. The Hall–Kier alpha value is -1.05. The molecule has 0 aromatic heterocycles. The zero-order valence-electron chi connectivity index (χ0n) is 12.2. The van der Waals surface area contributed by atoms with Crippen LogP contribution in [-0.2, 0) is 4.79 Å². The van der Waals surface area contributed by atoms with Gasteiger partial charge in [0.25, 0.3) is 0 Å². The molecule has 3 aliphatic carbocycles. The molecule has 0 spiro atoms. The number of hydrogen-bond acceptors (Lipinski definition) is 1. The second kappa shape index (κ2) is 4.22. The van der Waals surface area contributed by atoms with Gasteiger partial charge in [-0.1, -0.05) is 44.4 Å². The maximum absolute atomic E-state index is 11.6. The molecule has 3 aliphatic rings. The van der Waals surface area contributed by atoms with Crippen LogP contribution >= 0.6 is 0 Å². The predicted molar refractivity (Wildman–Crippen MR) is 75.8 cm³/mol. The smallest absolute Gasteiger partial charge is 0.332 e. The van der Waals surface area contributed by atoms with E-state index in [1.807, 2.05) is 20.8 Å². The summed E-state index contributed by atoms with van der Waals surface area (Å²) >= 11 is 0. The Labute approximate surface area is 115 Å². The van der Waals surface area contributed by atoms with E-state index in [0.29, 0.717) is 17.4 Å². The molecule has 2 fully saturated rings. The topological polar surface area (TPSA) is 37.3 Å². The summed E-state index contributed by atoms with van der Waals surface area (Å²) in [6, 6.07) is 0. The summed E-state index contributed by atoms with van der Waals surface area (Å²) in [4.78, 5) is 11.6. The standard InChI is InChI=1S/C17H24O2/c1-17(2,3)15(16(18)19)14-9-12-7-11(8-13(12)14)10-5-4-6-10/h8,10,12-13H,4-7,9H2,1-3H3,(H,18,19)/t12-,13+/m1/s1. The normalized spacial score (nSPS) is 33.1. The molecule has 2 heteroatoms. The fourth-order valence-electron chi connectivity index (χ4n) is 4.00. The van der Waals surface area contributed by atoms with E-state index in [2.05, 4.69) is 6.08 Å². The molecule has 0 bridgehead atoms. The van der Waals surface area contributed by atoms with Crippen LogP contribution in [0.1, 0.15) is 52.9 Å². The average molecular weight is 260 g/mol. The van der Waals surface area contributed by atoms with Crippen molar-refractivity contribution >= 4 is 5.97 Å². The number of carboxylic acids is 1. The van der Waals surface area contributed by atoms with E-state index in [4.69, 9.17) is 0 Å². The predicted octanol–water partition coefficient (Wildman–Crippen LogP) is 4.18. The second-order valence-corrected chi connectivity index (χ2v) is 7.52. The van der Waals surface area contributed by atoms with E-state index in [0.717, 1.165) is 12.3 Å². The number of fused-ring (bicyclic) bond motifs is 1. The summed E-state index contributed by atoms with van der Waals surface area (Å²) in [6.07, 6.45) is 8.75. The minimum absolute atomic E-state index is 0.251. The highest BCUT2D eigenvalue weighted by Gasteiger charge is 2.45. The quantitative estimate of drug-likeness (QED) is 0.597. The van der Waals surface area contributed by atoms with Gasteiger partial charge in [0.1, 0.15) is 0 Å². The molecular formula is C17H24O2. The van der Waals surface area contributed by atoms with E-state index in [-0.39, 0.29) is 5.41 Å². The summed E-state index contributed by atoms with van der Waals surface area (Å²) in [5.74, 6) is 1.27. The van der Waals surface area contributed by atoms with Crippen LogP contribution in [0.15, 0.2) is 22.8 Å². The van der Waals surface area contributed by atoms with Gasteiger partial charge >= 0.3 is 5.97 Å². The molecule has 0 amide bonds. The van der Waals surface area contributed by atoms with E-state index >= 15 is 0 Å². The van der Waals surface area contributed by atoms with Crippen LogP contribution < -0.4 is 0 Å². The monoisotopic (exact) mass is 260 g/mol. The Bertz CT molecular complexity index is 472. The molecule has 0 aromatic carbocycles. The van der Waals surface area contributed by atoms with Gasteiger partial charge in [0.05, 0.1) is 0 Å². The minimum atomic E-state index is -0.716. The molecule has 0 heterocycles. The Morgan fingerprint density at radius 1 is 1.26 bits per heavy atom. The molecular weight excluding hydrogens is 236 g/mol. The Morgan fingerprint density at radius 3 is 2.42 bits per heavy atom. The van der Waals surface area contributed by atoms with Crippen molar-refractivity contribution in [2.45, 2.75) is 52.9 Å². The summed E-state index contributed by atoms with van der Waals surface area (Å²) in [5.41, 5.74) is 3.26. The van der Waals surface area contributed by atoms with E-state index in [1.165, 1.54) is 31.3 Å². The number of rotatable bonds is 2. The number of carbonyl (C=O) groups is 1. The largest absolute Gasteiger partial charge is 0.478 e. The van der Waals surface area contributed by atoms with Crippen molar-refractivity contribution in [2.24, 2.45) is 23.2 Å². The molecule has 0 unspecified atom stereocenters. The molecule has 19 heavy (non-hydrogen) atoms. The first-order valence-electron chi connectivity index (χ1n) is 7.55. The van der Waals surface area contributed by atoms with Gasteiger partial charge in [-0.05, 0) is 42.9 Å². The van der Waals surface area contributed by atoms with Gasteiger partial charge in [-0.15, -0.1) is 0 Å². The Kier molecular flexibility index (Phi) is 2.88. The number of hydrogen-bond donors (Lipinski definition) is 1. The fourth-order valence-corrected chi connectivity index (χ4v) is 4.00. The Balaban J connectivity index is 1.88. The van der Waals surface area contributed by atoms with Crippen molar-refractivity contribution in [3.63, 3.8) is 0 Å². The van der Waals surface area contributed by atoms with Gasteiger partial charge < -0.3 is 5.11 Å². The van der Waals surface area contributed by atoms with Crippen molar-refractivity contribution in [2.75, 3.05) is 0 Å². The average Bonchev–Trinajstić information content (AvgIpc) is 2.48. The first-order valence-corrected chi connectivity index (χ1v) is 7.55. The van der Waals surface area contributed by atoms with Gasteiger partial charge in [-0.25, -0.2) is 4.79 Å². The molecule has 2 saturated carbocycles. The van der Waals surface area contributed by atoms with Gasteiger partial charge in [0.2, 0.25) is 0 Å². The molecule has 1 N–H and O–H groups in total. The lowest BCUT2D eigenvalue weighted by Crippen LogP contribution is -2.31. The van der Waals surface area contributed by atoms with E-state index < -0.39 is 5.97 Å². The highest BCUT2D eigenvalue weighted by Crippen LogP contribution is 2.55. The SMILES string of the molecule is CC(C)(C)C(C(=O)O)=C1C[C@H]2CC(C3CCC3)=C[C@H]12. The molecule has 0 radical (unpaired) electrons. The van der Waals surface area contributed by atoms with Crippen molar-refractivity contribution in [1.82, 2.24) is 0 Å². The summed E-state index contributed by atoms with van der Waals surface area (Å²) < 4.78 is 0. The summed E-state index contributed by atoms with van der Waals surface area (Å²) in [6.45, 7) is 6.05. The third-order valence-corrected chi connectivity index (χ3v) is 5.20. The van der Waals surface area contributed by atoms with Crippen LogP contribution in [0, 0.1) is 23.2 Å². The molecule has 0 aliphatic heterocycles. The van der Waals surface area contributed by atoms with Gasteiger partial charge in [0, 0.05) is 11.5 Å². The van der Waals surface area contributed by atoms with Gasteiger partial charge in [0.15, 0.2) is 0 Å². The van der Waals surface area contributed by atoms with Crippen molar-refractivity contribution in [1.29, 1.82) is 0 Å². The molecule has 0 aromatic rings. The van der Waals surface area contributed by atoms with Crippen molar-refractivity contribution < 1.29 is 9.90 Å². The maximum Gasteiger partial charge on any atom is 0.332 e. The van der Waals surface area contributed by atoms with Crippen LogP contribution in [0.2, 0.25) is 0 Å². The summed E-state index contributed by atoms with van der Waals surface area (Å²) in [7, 11) is 0. The first kappa shape index (κ1) is 13.0. The lowest BCUT2D eigenvalue weighted by Gasteiger charge is -2.38. The van der Waals surface area contributed by atoms with E-state index in [9.17, 15) is 9.90 Å². The molecule has 104 valence electrons. The van der Waals surface area contributed by atoms with Gasteiger partial charge in [-0.2, -0.15) is 0 Å². The van der Waals surface area contributed by atoms with Crippen LogP contribution in [-0.4, -0.2) is 11.1 Å². The Morgan fingerprint density at radius 2 is 1.95 bits per heavy atom. The molecule has 0 saturated heterocycles. The number of carboxylic acid groups (broad SMARTS) is 1. The van der Waals surface area contributed by atoms with Gasteiger partial charge in [-0.3, -0.25) is 0 Å². The van der Waals surface area contributed by atoms with E-state index in [1.54, 1.807) is 5.57 Å². The van der Waals surface area contributed by atoms with Crippen molar-refractivity contribution in [3.8, 4) is 0 Å². The van der Waals surface area contributed by atoms with Crippen LogP contribution in [0.5, 0.6) is 0 Å². The minimum Gasteiger partial charge on any atom is -0.478 e. The van der Waals surface area contributed by atoms with Crippen molar-refractivity contribution in [3.05, 3.63) is 22.8 Å². The molecule has 3 rings (SSSR count). The van der Waals surface area contributed by atoms with Crippen LogP contribution in [0.4, 0.5) is 0 Å². The fraction of sp³-hybridized carbons (Fsp3) is 0.706. The third kappa shape index (κ3) is 2.05. The van der Waals surface area contributed by atoms with Crippen LogP contribution in [0.25, 0.3) is 0 Å². The first-order chi connectivity index (χ1) is 8.88. The van der Waals surface area contributed by atoms with Crippen LogP contribution in [0.3, 0.4) is 0 Å². The summed E-state index contributed by atoms with van der Waals surface area (Å²) in [5, 5.41) is 9.52. The lowest BCUT2D eigenvalue weighted by atomic mass is 9.65. The lowest BCUT2D eigenvalue weighted by molar-refractivity contribution is -0.133. The zero-order valence-corrected chi connectivity index (χ0v) is 12.2. The zero-order chi connectivity index (χ0) is 13.8. The number of allylic oxidation sites excluding steroid dienone is 3. The highest BCUT2D eigenvalue weighted by atomic mass is 16.4. The second-order valence-electron chi connectivity index (χ2n) is 7.52. The highest BCUT2D eigenvalue weighted by molar-refractivity contribution is 5.89. The molecule has 2 atom stereocenters. The maximum atomic E-state index is 11.6.